The SMILES string of the molecule is CCC(=O)C(C)c1nc(-c2ccc(F)cc2)no1. The van der Waals surface area contributed by atoms with Crippen LogP contribution in [0, 0.1) is 5.82 Å². The molecule has 0 spiro atoms. The fraction of sp³-hybridized carbons (Fsp3) is 0.308. The molecule has 0 fully saturated rings. The van der Waals surface area contributed by atoms with Crippen LogP contribution < -0.4 is 0 Å². The van der Waals surface area contributed by atoms with Gasteiger partial charge in [-0.25, -0.2) is 4.39 Å². The summed E-state index contributed by atoms with van der Waals surface area (Å²) in [6, 6.07) is 5.78. The van der Waals surface area contributed by atoms with Crippen LogP contribution >= 0.6 is 0 Å². The average molecular weight is 248 g/mol. The number of benzene rings is 1. The van der Waals surface area contributed by atoms with E-state index >= 15 is 0 Å². The second-order valence-electron chi connectivity index (χ2n) is 4.00. The maximum Gasteiger partial charge on any atom is 0.237 e. The number of carbonyl (C=O) groups is 1. The fourth-order valence-electron chi connectivity index (χ4n) is 1.57. The lowest BCUT2D eigenvalue weighted by atomic mass is 10.1. The molecule has 2 aromatic rings. The summed E-state index contributed by atoms with van der Waals surface area (Å²) >= 11 is 0. The van der Waals surface area contributed by atoms with Gasteiger partial charge in [0.1, 0.15) is 11.6 Å². The van der Waals surface area contributed by atoms with Gasteiger partial charge in [0.05, 0.1) is 5.92 Å². The molecule has 2 rings (SSSR count). The normalized spacial score (nSPS) is 12.4. The maximum atomic E-state index is 12.8. The molecule has 94 valence electrons. The Balaban J connectivity index is 2.25. The highest BCUT2D eigenvalue weighted by molar-refractivity contribution is 5.84. The Morgan fingerprint density at radius 3 is 2.67 bits per heavy atom. The van der Waals surface area contributed by atoms with Crippen LogP contribution in [-0.4, -0.2) is 15.9 Å². The molecule has 1 heterocycles. The van der Waals surface area contributed by atoms with E-state index in [0.717, 1.165) is 0 Å². The third-order valence-electron chi connectivity index (χ3n) is 2.75. The number of hydrogen-bond donors (Lipinski definition) is 0. The zero-order chi connectivity index (χ0) is 13.1. The molecule has 0 aliphatic heterocycles. The Bertz CT molecular complexity index is 548. The molecule has 0 bridgehead atoms. The van der Waals surface area contributed by atoms with Crippen molar-refractivity contribution in [3.05, 3.63) is 36.0 Å². The molecule has 18 heavy (non-hydrogen) atoms. The van der Waals surface area contributed by atoms with E-state index in [-0.39, 0.29) is 11.6 Å². The summed E-state index contributed by atoms with van der Waals surface area (Å²) in [6.45, 7) is 3.52. The van der Waals surface area contributed by atoms with Crippen molar-refractivity contribution in [3.63, 3.8) is 0 Å². The Morgan fingerprint density at radius 1 is 1.39 bits per heavy atom. The Kier molecular flexibility index (Phi) is 3.50. The first-order chi connectivity index (χ1) is 8.61. The van der Waals surface area contributed by atoms with E-state index in [1.54, 1.807) is 26.0 Å². The number of rotatable bonds is 4. The minimum atomic E-state index is -0.406. The van der Waals surface area contributed by atoms with Crippen LogP contribution in [0.2, 0.25) is 0 Å². The summed E-state index contributed by atoms with van der Waals surface area (Å²) < 4.78 is 17.8. The fourth-order valence-corrected chi connectivity index (χ4v) is 1.57. The lowest BCUT2D eigenvalue weighted by Crippen LogP contribution is -2.07. The highest BCUT2D eigenvalue weighted by Gasteiger charge is 2.20. The summed E-state index contributed by atoms with van der Waals surface area (Å²) in [5, 5.41) is 3.79. The van der Waals surface area contributed by atoms with E-state index in [2.05, 4.69) is 10.1 Å². The topological polar surface area (TPSA) is 56.0 Å². The quantitative estimate of drug-likeness (QED) is 0.834. The van der Waals surface area contributed by atoms with Gasteiger partial charge >= 0.3 is 0 Å². The molecule has 1 unspecified atom stereocenters. The van der Waals surface area contributed by atoms with Gasteiger partial charge in [0.25, 0.3) is 0 Å². The van der Waals surface area contributed by atoms with Gasteiger partial charge in [-0.1, -0.05) is 12.1 Å². The van der Waals surface area contributed by atoms with Crippen molar-refractivity contribution in [2.24, 2.45) is 0 Å². The van der Waals surface area contributed by atoms with E-state index in [9.17, 15) is 9.18 Å². The van der Waals surface area contributed by atoms with Gasteiger partial charge in [0.2, 0.25) is 11.7 Å². The summed E-state index contributed by atoms with van der Waals surface area (Å²) in [5.41, 5.74) is 0.655. The number of carbonyl (C=O) groups excluding carboxylic acids is 1. The van der Waals surface area contributed by atoms with Gasteiger partial charge < -0.3 is 4.52 Å². The Labute approximate surface area is 104 Å². The van der Waals surface area contributed by atoms with E-state index < -0.39 is 5.92 Å². The first-order valence-corrected chi connectivity index (χ1v) is 5.74. The smallest absolute Gasteiger partial charge is 0.237 e. The van der Waals surface area contributed by atoms with Crippen LogP contribution in [0.1, 0.15) is 32.1 Å². The number of hydrogen-bond acceptors (Lipinski definition) is 4. The van der Waals surface area contributed by atoms with Crippen molar-refractivity contribution in [1.29, 1.82) is 0 Å². The third-order valence-corrected chi connectivity index (χ3v) is 2.75. The Hall–Kier alpha value is -2.04. The molecule has 0 saturated carbocycles. The van der Waals surface area contributed by atoms with Crippen LogP contribution in [0.25, 0.3) is 11.4 Å². The monoisotopic (exact) mass is 248 g/mol. The van der Waals surface area contributed by atoms with Crippen molar-refractivity contribution in [2.45, 2.75) is 26.2 Å². The van der Waals surface area contributed by atoms with E-state index in [0.29, 0.717) is 23.7 Å². The summed E-state index contributed by atoms with van der Waals surface area (Å²) in [6.07, 6.45) is 0.426. The molecule has 5 heteroatoms. The minimum Gasteiger partial charge on any atom is -0.338 e. The van der Waals surface area contributed by atoms with Crippen LogP contribution in [0.3, 0.4) is 0 Å². The third kappa shape index (κ3) is 2.45. The second-order valence-corrected chi connectivity index (χ2v) is 4.00. The first-order valence-electron chi connectivity index (χ1n) is 5.74. The lowest BCUT2D eigenvalue weighted by Gasteiger charge is -2.01. The largest absolute Gasteiger partial charge is 0.338 e. The van der Waals surface area contributed by atoms with Crippen molar-refractivity contribution < 1.29 is 13.7 Å². The maximum absolute atomic E-state index is 12.8. The van der Waals surface area contributed by atoms with Crippen molar-refractivity contribution in [1.82, 2.24) is 10.1 Å². The number of nitrogens with zero attached hydrogens (tertiary/aromatic N) is 2. The van der Waals surface area contributed by atoms with E-state index in [1.807, 2.05) is 0 Å². The molecule has 0 N–H and O–H groups in total. The number of aromatic nitrogens is 2. The molecular formula is C13H13FN2O2. The van der Waals surface area contributed by atoms with Crippen LogP contribution in [0.5, 0.6) is 0 Å². The van der Waals surface area contributed by atoms with Gasteiger partial charge in [-0.15, -0.1) is 0 Å². The standard InChI is InChI=1S/C13H13FN2O2/c1-3-11(17)8(2)13-15-12(16-18-13)9-4-6-10(14)7-5-9/h4-8H,3H2,1-2H3. The summed E-state index contributed by atoms with van der Waals surface area (Å²) in [4.78, 5) is 15.7. The average Bonchev–Trinajstić information content (AvgIpc) is 2.87. The molecule has 4 nitrogen and oxygen atoms in total. The highest BCUT2D eigenvalue weighted by atomic mass is 19.1. The highest BCUT2D eigenvalue weighted by Crippen LogP contribution is 2.21. The molecule has 1 aromatic heterocycles. The molecule has 0 radical (unpaired) electrons. The molecule has 0 saturated heterocycles. The van der Waals surface area contributed by atoms with Gasteiger partial charge in [-0.3, -0.25) is 4.79 Å². The summed E-state index contributed by atoms with van der Waals surface area (Å²) in [5.74, 6) is -0.0278. The number of Topliss-reactive ketones (excluding diaryl/α,β-unsaturated/α-hetero) is 1. The molecular weight excluding hydrogens is 235 g/mol. The van der Waals surface area contributed by atoms with Crippen LogP contribution in [0.15, 0.2) is 28.8 Å². The van der Waals surface area contributed by atoms with Gasteiger partial charge in [0, 0.05) is 12.0 Å². The molecule has 1 aromatic carbocycles. The van der Waals surface area contributed by atoms with Crippen molar-refractivity contribution in [3.8, 4) is 11.4 Å². The molecule has 1 atom stereocenters. The predicted octanol–water partition coefficient (Wildman–Crippen LogP) is 2.96. The van der Waals surface area contributed by atoms with Gasteiger partial charge in [0.15, 0.2) is 0 Å². The van der Waals surface area contributed by atoms with Crippen LogP contribution in [-0.2, 0) is 4.79 Å². The van der Waals surface area contributed by atoms with Crippen LogP contribution in [0.4, 0.5) is 4.39 Å². The minimum absolute atomic E-state index is 0.0457. The van der Waals surface area contributed by atoms with Crippen molar-refractivity contribution in [2.75, 3.05) is 0 Å². The van der Waals surface area contributed by atoms with E-state index in [4.69, 9.17) is 4.52 Å². The predicted molar refractivity (Wildman–Crippen MR) is 63.4 cm³/mol. The Morgan fingerprint density at radius 2 is 2.06 bits per heavy atom. The molecule has 0 aliphatic rings. The van der Waals surface area contributed by atoms with E-state index in [1.165, 1.54) is 12.1 Å². The first kappa shape index (κ1) is 12.4. The van der Waals surface area contributed by atoms with Gasteiger partial charge in [-0.05, 0) is 31.2 Å². The number of halogens is 1. The van der Waals surface area contributed by atoms with Crippen molar-refractivity contribution >= 4 is 5.78 Å². The second kappa shape index (κ2) is 5.08. The molecule has 0 aliphatic carbocycles. The molecule has 0 amide bonds. The number of ketones is 1. The zero-order valence-electron chi connectivity index (χ0n) is 10.2. The lowest BCUT2D eigenvalue weighted by molar-refractivity contribution is -0.120. The van der Waals surface area contributed by atoms with Gasteiger partial charge in [-0.2, -0.15) is 4.98 Å². The summed E-state index contributed by atoms with van der Waals surface area (Å²) in [7, 11) is 0. The zero-order valence-corrected chi connectivity index (χ0v) is 10.2.